The highest BCUT2D eigenvalue weighted by Crippen LogP contribution is 2.18. The number of nitrogens with two attached hydrogens (primary N) is 1. The molecule has 6 heteroatoms. The van der Waals surface area contributed by atoms with E-state index in [0.717, 1.165) is 10.3 Å². The molecule has 1 aromatic heterocycles. The monoisotopic (exact) mass is 322 g/mol. The van der Waals surface area contributed by atoms with Gasteiger partial charge in [-0.3, -0.25) is 4.79 Å². The quantitative estimate of drug-likeness (QED) is 0.842. The van der Waals surface area contributed by atoms with Crippen LogP contribution in [-0.4, -0.2) is 22.0 Å². The topological polar surface area (TPSA) is 72.9 Å². The number of aromatic nitrogens is 2. The Kier molecular flexibility index (Phi) is 4.21. The Labute approximate surface area is 120 Å². The van der Waals surface area contributed by atoms with Crippen molar-refractivity contribution in [2.75, 3.05) is 12.3 Å². The molecule has 5 nitrogen and oxygen atoms in total. The largest absolute Gasteiger partial charge is 0.398 e. The lowest BCUT2D eigenvalue weighted by molar-refractivity contribution is 0.0955. The summed E-state index contributed by atoms with van der Waals surface area (Å²) in [5.41, 5.74) is 6.76. The highest BCUT2D eigenvalue weighted by Gasteiger charge is 2.09. The van der Waals surface area contributed by atoms with Gasteiger partial charge in [-0.2, -0.15) is 0 Å². The normalized spacial score (nSPS) is 10.4. The number of carbonyl (C=O) groups excluding carboxylic acids is 1. The third-order valence-corrected chi connectivity index (χ3v) is 3.31. The van der Waals surface area contributed by atoms with E-state index < -0.39 is 0 Å². The van der Waals surface area contributed by atoms with Crippen molar-refractivity contribution in [3.63, 3.8) is 0 Å². The van der Waals surface area contributed by atoms with Gasteiger partial charge in [0.25, 0.3) is 5.91 Å². The fourth-order valence-electron chi connectivity index (χ4n) is 1.76. The van der Waals surface area contributed by atoms with Gasteiger partial charge in [0, 0.05) is 42.6 Å². The van der Waals surface area contributed by atoms with Gasteiger partial charge in [-0.25, -0.2) is 4.98 Å². The van der Waals surface area contributed by atoms with Gasteiger partial charge in [0.2, 0.25) is 0 Å². The number of benzene rings is 1. The first-order chi connectivity index (χ1) is 9.08. The standard InChI is InChI=1S/C13H15BrN4O/c1-18-7-6-16-12(18)4-5-17-13(19)10-3-2-9(14)8-11(10)15/h2-3,6-8H,4-5,15H2,1H3,(H,17,19). The van der Waals surface area contributed by atoms with E-state index >= 15 is 0 Å². The second kappa shape index (κ2) is 5.88. The number of imidazole rings is 1. The third-order valence-electron chi connectivity index (χ3n) is 2.81. The van der Waals surface area contributed by atoms with E-state index in [-0.39, 0.29) is 5.91 Å². The van der Waals surface area contributed by atoms with E-state index in [0.29, 0.717) is 24.2 Å². The van der Waals surface area contributed by atoms with Crippen LogP contribution in [0.15, 0.2) is 35.1 Å². The van der Waals surface area contributed by atoms with Gasteiger partial charge in [-0.05, 0) is 18.2 Å². The molecule has 0 aliphatic carbocycles. The molecule has 0 spiro atoms. The summed E-state index contributed by atoms with van der Waals surface area (Å²) < 4.78 is 2.79. The van der Waals surface area contributed by atoms with E-state index in [2.05, 4.69) is 26.2 Å². The van der Waals surface area contributed by atoms with Crippen molar-refractivity contribution in [2.24, 2.45) is 7.05 Å². The first-order valence-electron chi connectivity index (χ1n) is 5.87. The maximum Gasteiger partial charge on any atom is 0.253 e. The number of aryl methyl sites for hydroxylation is 1. The molecule has 3 N–H and O–H groups in total. The second-order valence-corrected chi connectivity index (χ2v) is 5.11. The maximum absolute atomic E-state index is 12.0. The fourth-order valence-corrected chi connectivity index (χ4v) is 2.14. The average molecular weight is 323 g/mol. The van der Waals surface area contributed by atoms with Gasteiger partial charge < -0.3 is 15.6 Å². The van der Waals surface area contributed by atoms with Crippen LogP contribution in [0.2, 0.25) is 0 Å². The first kappa shape index (κ1) is 13.6. The zero-order valence-electron chi connectivity index (χ0n) is 10.6. The molecule has 0 fully saturated rings. The molecule has 2 rings (SSSR count). The van der Waals surface area contributed by atoms with Crippen LogP contribution in [0.25, 0.3) is 0 Å². The molecule has 1 aromatic carbocycles. The van der Waals surface area contributed by atoms with Crippen molar-refractivity contribution in [1.82, 2.24) is 14.9 Å². The Hall–Kier alpha value is -1.82. The van der Waals surface area contributed by atoms with Crippen LogP contribution in [0.4, 0.5) is 5.69 Å². The molecule has 0 radical (unpaired) electrons. The van der Waals surface area contributed by atoms with Crippen molar-refractivity contribution in [1.29, 1.82) is 0 Å². The molecular weight excluding hydrogens is 308 g/mol. The molecule has 100 valence electrons. The van der Waals surface area contributed by atoms with Crippen LogP contribution < -0.4 is 11.1 Å². The van der Waals surface area contributed by atoms with Gasteiger partial charge in [-0.1, -0.05) is 15.9 Å². The average Bonchev–Trinajstić information content (AvgIpc) is 2.75. The van der Waals surface area contributed by atoms with Gasteiger partial charge in [0.1, 0.15) is 5.82 Å². The Morgan fingerprint density at radius 2 is 2.32 bits per heavy atom. The molecule has 0 saturated carbocycles. The molecule has 19 heavy (non-hydrogen) atoms. The van der Waals surface area contributed by atoms with Gasteiger partial charge in [-0.15, -0.1) is 0 Å². The molecule has 0 aliphatic rings. The summed E-state index contributed by atoms with van der Waals surface area (Å²) in [7, 11) is 1.93. The Morgan fingerprint density at radius 1 is 1.53 bits per heavy atom. The van der Waals surface area contributed by atoms with Crippen LogP contribution in [0, 0.1) is 0 Å². The van der Waals surface area contributed by atoms with Crippen molar-refractivity contribution < 1.29 is 4.79 Å². The molecule has 1 heterocycles. The molecule has 2 aromatic rings. The number of hydrogen-bond donors (Lipinski definition) is 2. The Bertz CT molecular complexity index is 594. The number of hydrogen-bond acceptors (Lipinski definition) is 3. The smallest absolute Gasteiger partial charge is 0.253 e. The predicted molar refractivity (Wildman–Crippen MR) is 77.8 cm³/mol. The number of halogens is 1. The van der Waals surface area contributed by atoms with Crippen molar-refractivity contribution in [2.45, 2.75) is 6.42 Å². The number of nitrogens with one attached hydrogen (secondary N) is 1. The Balaban J connectivity index is 1.93. The fraction of sp³-hybridized carbons (Fsp3) is 0.231. The first-order valence-corrected chi connectivity index (χ1v) is 6.66. The predicted octanol–water partition coefficient (Wildman–Crippen LogP) is 1.74. The number of nitrogens with zero attached hydrogens (tertiary/aromatic N) is 2. The van der Waals surface area contributed by atoms with Crippen LogP contribution >= 0.6 is 15.9 Å². The van der Waals surface area contributed by atoms with Crippen LogP contribution in [0.3, 0.4) is 0 Å². The zero-order chi connectivity index (χ0) is 13.8. The highest BCUT2D eigenvalue weighted by molar-refractivity contribution is 9.10. The highest BCUT2D eigenvalue weighted by atomic mass is 79.9. The summed E-state index contributed by atoms with van der Waals surface area (Å²) in [4.78, 5) is 16.2. The van der Waals surface area contributed by atoms with E-state index in [4.69, 9.17) is 5.73 Å². The summed E-state index contributed by atoms with van der Waals surface area (Å²) in [5.74, 6) is 0.767. The molecular formula is C13H15BrN4O. The van der Waals surface area contributed by atoms with E-state index in [9.17, 15) is 4.79 Å². The van der Waals surface area contributed by atoms with Crippen molar-refractivity contribution >= 4 is 27.5 Å². The molecule has 0 unspecified atom stereocenters. The summed E-state index contributed by atoms with van der Waals surface area (Å²) in [5, 5.41) is 2.84. The van der Waals surface area contributed by atoms with Gasteiger partial charge >= 0.3 is 0 Å². The van der Waals surface area contributed by atoms with Crippen molar-refractivity contribution in [3.05, 3.63) is 46.5 Å². The summed E-state index contributed by atoms with van der Waals surface area (Å²) in [6.07, 6.45) is 4.30. The van der Waals surface area contributed by atoms with Crippen LogP contribution in [-0.2, 0) is 13.5 Å². The van der Waals surface area contributed by atoms with Gasteiger partial charge in [0.15, 0.2) is 0 Å². The lowest BCUT2D eigenvalue weighted by Crippen LogP contribution is -2.27. The number of anilines is 1. The van der Waals surface area contributed by atoms with Crippen molar-refractivity contribution in [3.8, 4) is 0 Å². The minimum atomic E-state index is -0.167. The summed E-state index contributed by atoms with van der Waals surface area (Å²) >= 11 is 3.31. The maximum atomic E-state index is 12.0. The molecule has 0 bridgehead atoms. The van der Waals surface area contributed by atoms with E-state index in [1.807, 2.05) is 17.8 Å². The summed E-state index contributed by atoms with van der Waals surface area (Å²) in [6.45, 7) is 0.527. The number of nitrogen functional groups attached to an aromatic ring is 1. The number of amides is 1. The van der Waals surface area contributed by atoms with Crippen LogP contribution in [0.1, 0.15) is 16.2 Å². The molecule has 1 amide bonds. The lowest BCUT2D eigenvalue weighted by Gasteiger charge is -2.08. The lowest BCUT2D eigenvalue weighted by atomic mass is 10.1. The number of rotatable bonds is 4. The van der Waals surface area contributed by atoms with Crippen LogP contribution in [0.5, 0.6) is 0 Å². The molecule has 0 atom stereocenters. The minimum absolute atomic E-state index is 0.167. The third kappa shape index (κ3) is 3.35. The summed E-state index contributed by atoms with van der Waals surface area (Å²) in [6, 6.07) is 5.22. The minimum Gasteiger partial charge on any atom is -0.398 e. The van der Waals surface area contributed by atoms with E-state index in [1.54, 1.807) is 24.4 Å². The zero-order valence-corrected chi connectivity index (χ0v) is 12.1. The second-order valence-electron chi connectivity index (χ2n) is 4.19. The van der Waals surface area contributed by atoms with E-state index in [1.165, 1.54) is 0 Å². The molecule has 0 aliphatic heterocycles. The Morgan fingerprint density at radius 3 is 2.95 bits per heavy atom. The molecule has 0 saturated heterocycles. The van der Waals surface area contributed by atoms with Gasteiger partial charge in [0.05, 0.1) is 5.56 Å². The number of carbonyl (C=O) groups is 1. The SMILES string of the molecule is Cn1ccnc1CCNC(=O)c1ccc(Br)cc1N.